The molecule has 0 saturated carbocycles. The maximum absolute atomic E-state index is 12.1. The van der Waals surface area contributed by atoms with Crippen molar-refractivity contribution in [3.63, 3.8) is 0 Å². The highest BCUT2D eigenvalue weighted by atomic mass is 16.5. The fourth-order valence-electron chi connectivity index (χ4n) is 2.93. The first-order valence-electron chi connectivity index (χ1n) is 9.74. The average Bonchev–Trinajstić information content (AvgIpc) is 2.72. The van der Waals surface area contributed by atoms with E-state index in [0.717, 1.165) is 18.8 Å². The Morgan fingerprint density at radius 2 is 1.60 bits per heavy atom. The van der Waals surface area contributed by atoms with Gasteiger partial charge in [-0.25, -0.2) is 0 Å². The summed E-state index contributed by atoms with van der Waals surface area (Å²) in [6.07, 6.45) is 5.33. The van der Waals surface area contributed by atoms with Gasteiger partial charge in [-0.2, -0.15) is 0 Å². The standard InChI is InChI=1S/C24H27NO5/c1-4-25(5-2)19-10-8-18(22(28)15-19)9-12-21(27)16-20(26)11-6-17-7-13-24(30-3)23(29)14-17/h6-15,28-29H,4-5,16H2,1-3H3/b11-6+,12-9+. The van der Waals surface area contributed by atoms with Gasteiger partial charge in [-0.1, -0.05) is 12.1 Å². The molecule has 0 radical (unpaired) electrons. The number of hydrogen-bond acceptors (Lipinski definition) is 6. The molecule has 30 heavy (non-hydrogen) atoms. The number of allylic oxidation sites excluding steroid dienone is 2. The predicted octanol–water partition coefficient (Wildman–Crippen LogP) is 4.21. The third kappa shape index (κ3) is 6.24. The number of carbonyl (C=O) groups excluding carboxylic acids is 2. The second-order valence-corrected chi connectivity index (χ2v) is 6.62. The van der Waals surface area contributed by atoms with Crippen molar-refractivity contribution < 1.29 is 24.5 Å². The summed E-state index contributed by atoms with van der Waals surface area (Å²) in [6, 6.07) is 10.0. The summed E-state index contributed by atoms with van der Waals surface area (Å²) in [5.74, 6) is -0.338. The molecular formula is C24H27NO5. The van der Waals surface area contributed by atoms with Crippen LogP contribution >= 0.6 is 0 Å². The Bertz CT molecular complexity index is 958. The molecule has 0 unspecified atom stereocenters. The van der Waals surface area contributed by atoms with E-state index < -0.39 is 0 Å². The van der Waals surface area contributed by atoms with E-state index in [9.17, 15) is 19.8 Å². The minimum absolute atomic E-state index is 0.0297. The lowest BCUT2D eigenvalue weighted by Crippen LogP contribution is -2.21. The smallest absolute Gasteiger partial charge is 0.163 e. The number of nitrogens with zero attached hydrogens (tertiary/aromatic N) is 1. The fourth-order valence-corrected chi connectivity index (χ4v) is 2.93. The molecule has 0 atom stereocenters. The topological polar surface area (TPSA) is 87.1 Å². The van der Waals surface area contributed by atoms with Crippen LogP contribution in [0.25, 0.3) is 12.2 Å². The summed E-state index contributed by atoms with van der Waals surface area (Å²) in [6.45, 7) is 5.73. The van der Waals surface area contributed by atoms with Gasteiger partial charge in [0.1, 0.15) is 5.75 Å². The lowest BCUT2D eigenvalue weighted by Gasteiger charge is -2.21. The van der Waals surface area contributed by atoms with Gasteiger partial charge in [0.15, 0.2) is 23.1 Å². The van der Waals surface area contributed by atoms with E-state index >= 15 is 0 Å². The first kappa shape index (κ1) is 22.7. The van der Waals surface area contributed by atoms with Crippen LogP contribution < -0.4 is 9.64 Å². The number of rotatable bonds is 10. The van der Waals surface area contributed by atoms with Crippen LogP contribution in [0, 0.1) is 0 Å². The van der Waals surface area contributed by atoms with Crippen molar-refractivity contribution in [1.82, 2.24) is 0 Å². The molecule has 0 amide bonds. The minimum Gasteiger partial charge on any atom is -0.507 e. The summed E-state index contributed by atoms with van der Waals surface area (Å²) >= 11 is 0. The normalized spacial score (nSPS) is 11.2. The molecule has 2 aromatic carbocycles. The number of hydrogen-bond donors (Lipinski definition) is 2. The number of carbonyl (C=O) groups is 2. The van der Waals surface area contributed by atoms with Crippen molar-refractivity contribution >= 4 is 29.4 Å². The second kappa shape index (κ2) is 10.9. The Balaban J connectivity index is 1.97. The third-order valence-electron chi connectivity index (χ3n) is 4.60. The molecule has 158 valence electrons. The van der Waals surface area contributed by atoms with Gasteiger partial charge < -0.3 is 19.8 Å². The Hall–Kier alpha value is -3.54. The van der Waals surface area contributed by atoms with E-state index in [-0.39, 0.29) is 29.5 Å². The molecule has 6 nitrogen and oxygen atoms in total. The molecule has 0 aliphatic rings. The van der Waals surface area contributed by atoms with E-state index in [2.05, 4.69) is 4.90 Å². The molecule has 2 rings (SSSR count). The van der Waals surface area contributed by atoms with Gasteiger partial charge in [0.2, 0.25) is 0 Å². The van der Waals surface area contributed by atoms with Gasteiger partial charge in [0, 0.05) is 30.4 Å². The minimum atomic E-state index is -0.366. The van der Waals surface area contributed by atoms with Crippen LogP contribution in [0.2, 0.25) is 0 Å². The summed E-state index contributed by atoms with van der Waals surface area (Å²) < 4.78 is 4.97. The predicted molar refractivity (Wildman–Crippen MR) is 119 cm³/mol. The molecule has 0 spiro atoms. The molecule has 0 aliphatic heterocycles. The number of aromatic hydroxyl groups is 2. The molecular weight excluding hydrogens is 382 g/mol. The SMILES string of the molecule is CCN(CC)c1ccc(/C=C/C(=O)CC(=O)/C=C/c2ccc(OC)c(O)c2)c(O)c1. The van der Waals surface area contributed by atoms with E-state index in [1.807, 2.05) is 19.9 Å². The Morgan fingerprint density at radius 3 is 2.17 bits per heavy atom. The summed E-state index contributed by atoms with van der Waals surface area (Å²) in [4.78, 5) is 26.2. The van der Waals surface area contributed by atoms with Gasteiger partial charge in [0.25, 0.3) is 0 Å². The van der Waals surface area contributed by atoms with Crippen molar-refractivity contribution in [2.45, 2.75) is 20.3 Å². The number of ketones is 2. The monoisotopic (exact) mass is 409 g/mol. The van der Waals surface area contributed by atoms with Crippen LogP contribution in [0.4, 0.5) is 5.69 Å². The van der Waals surface area contributed by atoms with E-state index in [1.54, 1.807) is 24.3 Å². The number of phenols is 2. The summed E-state index contributed by atoms with van der Waals surface area (Å²) in [5, 5.41) is 19.9. The van der Waals surface area contributed by atoms with Crippen LogP contribution in [-0.2, 0) is 9.59 Å². The van der Waals surface area contributed by atoms with Crippen molar-refractivity contribution in [2.75, 3.05) is 25.1 Å². The van der Waals surface area contributed by atoms with E-state index in [1.165, 1.54) is 37.5 Å². The van der Waals surface area contributed by atoms with Gasteiger partial charge in [-0.3, -0.25) is 9.59 Å². The highest BCUT2D eigenvalue weighted by molar-refractivity contribution is 6.11. The van der Waals surface area contributed by atoms with Gasteiger partial charge in [-0.15, -0.1) is 0 Å². The number of anilines is 1. The average molecular weight is 409 g/mol. The first-order valence-corrected chi connectivity index (χ1v) is 9.74. The van der Waals surface area contributed by atoms with Gasteiger partial charge in [-0.05, 0) is 61.9 Å². The van der Waals surface area contributed by atoms with Crippen LogP contribution in [0.15, 0.2) is 48.6 Å². The van der Waals surface area contributed by atoms with Crippen LogP contribution in [0.3, 0.4) is 0 Å². The maximum atomic E-state index is 12.1. The maximum Gasteiger partial charge on any atom is 0.163 e. The number of methoxy groups -OCH3 is 1. The summed E-state index contributed by atoms with van der Waals surface area (Å²) in [5.41, 5.74) is 2.03. The lowest BCUT2D eigenvalue weighted by atomic mass is 10.1. The molecule has 2 aromatic rings. The highest BCUT2D eigenvalue weighted by Crippen LogP contribution is 2.27. The molecule has 0 heterocycles. The molecule has 6 heteroatoms. The Labute approximate surface area is 176 Å². The molecule has 0 fully saturated rings. The molecule has 0 aliphatic carbocycles. The van der Waals surface area contributed by atoms with Crippen LogP contribution in [0.5, 0.6) is 17.2 Å². The van der Waals surface area contributed by atoms with Gasteiger partial charge >= 0.3 is 0 Å². The first-order chi connectivity index (χ1) is 14.4. The zero-order valence-corrected chi connectivity index (χ0v) is 17.5. The Kier molecular flexibility index (Phi) is 8.23. The number of benzene rings is 2. The van der Waals surface area contributed by atoms with Crippen molar-refractivity contribution in [3.8, 4) is 17.2 Å². The van der Waals surface area contributed by atoms with Crippen molar-refractivity contribution in [2.24, 2.45) is 0 Å². The molecule has 0 aromatic heterocycles. The zero-order chi connectivity index (χ0) is 22.1. The van der Waals surface area contributed by atoms with Crippen LogP contribution in [0.1, 0.15) is 31.4 Å². The Morgan fingerprint density at radius 1 is 0.933 bits per heavy atom. The van der Waals surface area contributed by atoms with E-state index in [4.69, 9.17) is 4.74 Å². The van der Waals surface area contributed by atoms with Gasteiger partial charge in [0.05, 0.1) is 13.5 Å². The number of phenolic OH excluding ortho intramolecular Hbond substituents is 2. The molecule has 2 N–H and O–H groups in total. The second-order valence-electron chi connectivity index (χ2n) is 6.62. The van der Waals surface area contributed by atoms with Crippen molar-refractivity contribution in [3.05, 3.63) is 59.7 Å². The zero-order valence-electron chi connectivity index (χ0n) is 17.5. The quantitative estimate of drug-likeness (QED) is 0.452. The largest absolute Gasteiger partial charge is 0.507 e. The highest BCUT2D eigenvalue weighted by Gasteiger charge is 2.07. The molecule has 0 bridgehead atoms. The third-order valence-corrected chi connectivity index (χ3v) is 4.60. The van der Waals surface area contributed by atoms with Crippen molar-refractivity contribution in [1.29, 1.82) is 0 Å². The lowest BCUT2D eigenvalue weighted by molar-refractivity contribution is -0.121. The fraction of sp³-hybridized carbons (Fsp3) is 0.250. The number of ether oxygens (including phenoxy) is 1. The summed E-state index contributed by atoms with van der Waals surface area (Å²) in [7, 11) is 1.45. The van der Waals surface area contributed by atoms with E-state index in [0.29, 0.717) is 16.9 Å². The molecule has 0 saturated heterocycles. The van der Waals surface area contributed by atoms with Crippen LogP contribution in [-0.4, -0.2) is 42.0 Å².